The number of rotatable bonds is 3. The van der Waals surface area contributed by atoms with Crippen LogP contribution in [0.1, 0.15) is 19.8 Å². The largest absolute Gasteiger partial charge is 0.382 e. The summed E-state index contributed by atoms with van der Waals surface area (Å²) in [6.07, 6.45) is 4.29. The van der Waals surface area contributed by atoms with Crippen LogP contribution in [0, 0.1) is 5.41 Å². The molecule has 60 valence electrons. The van der Waals surface area contributed by atoms with Crippen LogP contribution in [0.2, 0.25) is 0 Å². The highest BCUT2D eigenvalue weighted by atomic mass is 19.1. The van der Waals surface area contributed by atoms with Gasteiger partial charge in [0.25, 0.3) is 0 Å². The highest BCUT2D eigenvalue weighted by molar-refractivity contribution is 5.74. The molecule has 11 heavy (non-hydrogen) atoms. The molecule has 0 aliphatic heterocycles. The van der Waals surface area contributed by atoms with Crippen LogP contribution in [-0.2, 0) is 0 Å². The lowest BCUT2D eigenvalue weighted by Crippen LogP contribution is -2.16. The topological polar surface area (TPSA) is 35.9 Å². The van der Waals surface area contributed by atoms with E-state index in [1.54, 1.807) is 6.20 Å². The van der Waals surface area contributed by atoms with Gasteiger partial charge >= 0.3 is 0 Å². The molecule has 2 nitrogen and oxygen atoms in total. The van der Waals surface area contributed by atoms with E-state index in [2.05, 4.69) is 5.32 Å². The molecule has 0 amide bonds. The van der Waals surface area contributed by atoms with Crippen LogP contribution in [0.25, 0.3) is 0 Å². The van der Waals surface area contributed by atoms with Crippen molar-refractivity contribution < 1.29 is 4.39 Å². The van der Waals surface area contributed by atoms with Gasteiger partial charge in [-0.15, -0.1) is 0 Å². The van der Waals surface area contributed by atoms with Crippen molar-refractivity contribution in [1.29, 1.82) is 5.41 Å². The van der Waals surface area contributed by atoms with Gasteiger partial charge in [-0.2, -0.15) is 0 Å². The molecule has 3 heteroatoms. The van der Waals surface area contributed by atoms with Gasteiger partial charge < -0.3 is 10.7 Å². The molecule has 2 aliphatic rings. The van der Waals surface area contributed by atoms with Gasteiger partial charge in [-0.1, -0.05) is 0 Å². The second-order valence-corrected chi connectivity index (χ2v) is 3.58. The Bertz CT molecular complexity index is 238. The zero-order valence-electron chi connectivity index (χ0n) is 6.45. The minimum atomic E-state index is -0.883. The maximum absolute atomic E-state index is 12.9. The minimum Gasteiger partial charge on any atom is -0.382 e. The fraction of sp³-hybridized carbons (Fsp3) is 0.625. The normalized spacial score (nSPS) is 46.2. The Morgan fingerprint density at radius 2 is 2.18 bits per heavy atom. The van der Waals surface area contributed by atoms with Gasteiger partial charge in [-0.05, 0) is 12.5 Å². The molecule has 0 radical (unpaired) electrons. The molecular formula is C8H11FN2. The monoisotopic (exact) mass is 154 g/mol. The molecule has 2 N–H and O–H groups in total. The number of allylic oxidation sites excluding steroid dienone is 1. The first-order valence-corrected chi connectivity index (χ1v) is 3.76. The van der Waals surface area contributed by atoms with E-state index >= 15 is 0 Å². The fourth-order valence-corrected chi connectivity index (χ4v) is 1.34. The number of alkyl halides is 1. The van der Waals surface area contributed by atoms with Gasteiger partial charge in [-0.25, -0.2) is 4.39 Å². The second kappa shape index (κ2) is 1.65. The van der Waals surface area contributed by atoms with Crippen molar-refractivity contribution in [3.8, 4) is 0 Å². The van der Waals surface area contributed by atoms with Crippen molar-refractivity contribution in [2.75, 3.05) is 0 Å². The van der Waals surface area contributed by atoms with E-state index < -0.39 is 5.67 Å². The summed E-state index contributed by atoms with van der Waals surface area (Å²) in [5.74, 6) is 0. The SMILES string of the molecule is C/C(C=N)=C/NC12CC1(F)C2. The standard InChI is InChI=1S/C8H11FN2/c1-6(2-10)3-11-8-4-7(8,9)5-8/h2-3,10-11H,4-5H2,1H3/b6-3-,10-2?. The van der Waals surface area contributed by atoms with Crippen molar-refractivity contribution in [1.82, 2.24) is 5.32 Å². The Balaban J connectivity index is 1.90. The Labute approximate surface area is 65.0 Å². The molecule has 2 aliphatic carbocycles. The van der Waals surface area contributed by atoms with Crippen LogP contribution in [0.5, 0.6) is 0 Å². The molecule has 2 fully saturated rings. The average molecular weight is 154 g/mol. The quantitative estimate of drug-likeness (QED) is 0.592. The molecule has 0 heterocycles. The molecule has 0 aromatic carbocycles. The first-order valence-electron chi connectivity index (χ1n) is 3.76. The zero-order chi connectivity index (χ0) is 8.11. The van der Waals surface area contributed by atoms with Crippen LogP contribution in [0.15, 0.2) is 11.8 Å². The van der Waals surface area contributed by atoms with Gasteiger partial charge in [0, 0.05) is 25.3 Å². The first-order chi connectivity index (χ1) is 5.12. The highest BCUT2D eigenvalue weighted by Crippen LogP contribution is 2.73. The number of hydrogen-bond donors (Lipinski definition) is 2. The lowest BCUT2D eigenvalue weighted by atomic mass is 10.3. The predicted molar refractivity (Wildman–Crippen MR) is 41.5 cm³/mol. The average Bonchev–Trinajstić information content (AvgIpc) is 2.69. The number of halogens is 1. The second-order valence-electron chi connectivity index (χ2n) is 3.58. The van der Waals surface area contributed by atoms with Gasteiger partial charge in [0.05, 0.1) is 5.54 Å². The van der Waals surface area contributed by atoms with Crippen LogP contribution < -0.4 is 5.32 Å². The van der Waals surface area contributed by atoms with Gasteiger partial charge in [0.1, 0.15) is 5.67 Å². The summed E-state index contributed by atoms with van der Waals surface area (Å²) >= 11 is 0. The van der Waals surface area contributed by atoms with Crippen molar-refractivity contribution >= 4 is 6.21 Å². The lowest BCUT2D eigenvalue weighted by Gasteiger charge is -2.00. The molecule has 2 saturated carbocycles. The van der Waals surface area contributed by atoms with Gasteiger partial charge in [0.2, 0.25) is 0 Å². The van der Waals surface area contributed by atoms with Crippen molar-refractivity contribution in [3.05, 3.63) is 11.8 Å². The summed E-state index contributed by atoms with van der Waals surface area (Å²) in [5.41, 5.74) is -0.260. The molecule has 0 atom stereocenters. The number of nitrogens with one attached hydrogen (secondary N) is 2. The first kappa shape index (κ1) is 6.83. The van der Waals surface area contributed by atoms with Crippen LogP contribution >= 0.6 is 0 Å². The molecule has 0 aromatic heterocycles. The van der Waals surface area contributed by atoms with Crippen LogP contribution in [-0.4, -0.2) is 17.4 Å². The molecule has 0 saturated heterocycles. The summed E-state index contributed by atoms with van der Waals surface area (Å²) in [6, 6.07) is 0. The number of hydrogen-bond acceptors (Lipinski definition) is 2. The lowest BCUT2D eigenvalue weighted by molar-refractivity contribution is 0.390. The summed E-state index contributed by atoms with van der Waals surface area (Å²) in [5, 5.41) is 9.88. The smallest absolute Gasteiger partial charge is 0.138 e. The summed E-state index contributed by atoms with van der Waals surface area (Å²) < 4.78 is 12.9. The summed E-state index contributed by atoms with van der Waals surface area (Å²) in [6.45, 7) is 1.82. The molecule has 0 unspecified atom stereocenters. The molecule has 0 bridgehead atoms. The van der Waals surface area contributed by atoms with Crippen molar-refractivity contribution in [2.24, 2.45) is 0 Å². The van der Waals surface area contributed by atoms with E-state index in [9.17, 15) is 4.39 Å². The van der Waals surface area contributed by atoms with E-state index in [4.69, 9.17) is 5.41 Å². The maximum Gasteiger partial charge on any atom is 0.138 e. The zero-order valence-corrected chi connectivity index (χ0v) is 6.45. The Kier molecular flexibility index (Phi) is 1.03. The fourth-order valence-electron chi connectivity index (χ4n) is 1.34. The van der Waals surface area contributed by atoms with E-state index in [1.807, 2.05) is 6.92 Å². The summed E-state index contributed by atoms with van der Waals surface area (Å²) in [7, 11) is 0. The molecule has 0 aromatic rings. The number of fused-ring (bicyclic) bond motifs is 1. The van der Waals surface area contributed by atoms with Crippen molar-refractivity contribution in [3.63, 3.8) is 0 Å². The third-order valence-electron chi connectivity index (χ3n) is 2.58. The van der Waals surface area contributed by atoms with E-state index in [0.717, 1.165) is 5.57 Å². The van der Waals surface area contributed by atoms with E-state index in [1.165, 1.54) is 6.21 Å². The maximum atomic E-state index is 12.9. The van der Waals surface area contributed by atoms with Gasteiger partial charge in [0.15, 0.2) is 0 Å². The van der Waals surface area contributed by atoms with Gasteiger partial charge in [-0.3, -0.25) is 0 Å². The summed E-state index contributed by atoms with van der Waals surface area (Å²) in [4.78, 5) is 0. The van der Waals surface area contributed by atoms with Crippen LogP contribution in [0.4, 0.5) is 4.39 Å². The molecule has 0 spiro atoms. The molecular weight excluding hydrogens is 143 g/mol. The third-order valence-corrected chi connectivity index (χ3v) is 2.58. The Hall–Kier alpha value is -0.860. The Morgan fingerprint density at radius 1 is 1.64 bits per heavy atom. The molecule has 2 rings (SSSR count). The van der Waals surface area contributed by atoms with Crippen molar-refractivity contribution in [2.45, 2.75) is 31.0 Å². The van der Waals surface area contributed by atoms with E-state index in [0.29, 0.717) is 12.8 Å². The Morgan fingerprint density at radius 3 is 2.55 bits per heavy atom. The minimum absolute atomic E-state index is 0.211. The highest BCUT2D eigenvalue weighted by Gasteiger charge is 2.85. The van der Waals surface area contributed by atoms with Crippen LogP contribution in [0.3, 0.4) is 0 Å². The predicted octanol–water partition coefficient (Wildman–Crippen LogP) is 1.38. The third kappa shape index (κ3) is 0.800. The van der Waals surface area contributed by atoms with E-state index in [-0.39, 0.29) is 5.54 Å².